The average molecular weight is 325 g/mol. The van der Waals surface area contributed by atoms with E-state index in [1.54, 1.807) is 0 Å². The van der Waals surface area contributed by atoms with Gasteiger partial charge >= 0.3 is 5.97 Å². The van der Waals surface area contributed by atoms with E-state index in [0.717, 1.165) is 38.0 Å². The first-order chi connectivity index (χ1) is 10.4. The van der Waals surface area contributed by atoms with Crippen molar-refractivity contribution in [2.75, 3.05) is 0 Å². The Balaban J connectivity index is 2.63. The molecule has 0 amide bonds. The van der Waals surface area contributed by atoms with Crippen molar-refractivity contribution in [2.24, 2.45) is 22.2 Å². The number of hydrogen-bond acceptors (Lipinski definition) is 2. The number of rotatable bonds is 5. The van der Waals surface area contributed by atoms with Gasteiger partial charge in [0, 0.05) is 0 Å². The molecule has 0 spiro atoms. The van der Waals surface area contributed by atoms with E-state index in [0.29, 0.717) is 5.41 Å². The molecule has 23 heavy (non-hydrogen) atoms. The van der Waals surface area contributed by atoms with Gasteiger partial charge in [-0.1, -0.05) is 54.9 Å². The quantitative estimate of drug-likeness (QED) is 0.549. The van der Waals surface area contributed by atoms with E-state index in [1.165, 1.54) is 12.8 Å². The average Bonchev–Trinajstić information content (AvgIpc) is 2.36. The van der Waals surface area contributed by atoms with Gasteiger partial charge in [-0.15, -0.1) is 0 Å². The van der Waals surface area contributed by atoms with E-state index in [4.69, 9.17) is 4.74 Å². The van der Waals surface area contributed by atoms with Crippen molar-refractivity contribution in [3.8, 4) is 0 Å². The lowest BCUT2D eigenvalue weighted by Crippen LogP contribution is -2.38. The van der Waals surface area contributed by atoms with Gasteiger partial charge in [0.25, 0.3) is 0 Å². The van der Waals surface area contributed by atoms with Crippen molar-refractivity contribution in [3.63, 3.8) is 0 Å². The molecule has 2 nitrogen and oxygen atoms in total. The highest BCUT2D eigenvalue weighted by molar-refractivity contribution is 5.76. The van der Waals surface area contributed by atoms with Crippen LogP contribution in [0.25, 0.3) is 0 Å². The highest BCUT2D eigenvalue weighted by Gasteiger charge is 2.40. The van der Waals surface area contributed by atoms with Crippen LogP contribution < -0.4 is 0 Å². The molecular formula is C21H40O2. The number of ether oxygens (including phenoxy) is 1. The molecule has 0 aromatic rings. The lowest BCUT2D eigenvalue weighted by atomic mass is 9.71. The summed E-state index contributed by atoms with van der Waals surface area (Å²) in [7, 11) is 0. The zero-order valence-corrected chi connectivity index (χ0v) is 16.9. The minimum absolute atomic E-state index is 0.0356. The van der Waals surface area contributed by atoms with Crippen LogP contribution in [-0.4, -0.2) is 12.1 Å². The van der Waals surface area contributed by atoms with Crippen LogP contribution in [0, 0.1) is 22.2 Å². The fraction of sp³-hybridized carbons (Fsp3) is 0.952. The van der Waals surface area contributed by atoms with Crippen LogP contribution in [0.3, 0.4) is 0 Å². The molecule has 1 aliphatic carbocycles. The highest BCUT2D eigenvalue weighted by atomic mass is 16.5. The monoisotopic (exact) mass is 324 g/mol. The van der Waals surface area contributed by atoms with Gasteiger partial charge in [-0.05, 0) is 62.2 Å². The fourth-order valence-corrected chi connectivity index (χ4v) is 4.33. The van der Waals surface area contributed by atoms with Crippen LogP contribution in [0.2, 0.25) is 0 Å². The summed E-state index contributed by atoms with van der Waals surface area (Å²) in [5.74, 6) is 0.794. The third-order valence-corrected chi connectivity index (χ3v) is 5.39. The standard InChI is InChI=1S/C21H40O2/c1-9-14-21(8,15-19(2,3)4)18(22)23-17-12-10-16(11-13-17)20(5,6)7/h16-17H,9-15H2,1-8H3. The van der Waals surface area contributed by atoms with Gasteiger partial charge in [0.2, 0.25) is 0 Å². The molecule has 0 bridgehead atoms. The summed E-state index contributed by atoms with van der Waals surface area (Å²) in [6.45, 7) is 17.9. The number of carbonyl (C=O) groups is 1. The van der Waals surface area contributed by atoms with Crippen LogP contribution >= 0.6 is 0 Å². The molecule has 1 unspecified atom stereocenters. The normalized spacial score (nSPS) is 25.7. The molecule has 0 radical (unpaired) electrons. The molecule has 0 saturated heterocycles. The van der Waals surface area contributed by atoms with Gasteiger partial charge in [0.05, 0.1) is 5.41 Å². The summed E-state index contributed by atoms with van der Waals surface area (Å²) < 4.78 is 5.98. The first-order valence-corrected chi connectivity index (χ1v) is 9.58. The van der Waals surface area contributed by atoms with Crippen molar-refractivity contribution in [2.45, 2.75) is 106 Å². The Labute approximate surface area is 144 Å². The zero-order valence-electron chi connectivity index (χ0n) is 16.9. The van der Waals surface area contributed by atoms with Crippen LogP contribution in [-0.2, 0) is 9.53 Å². The number of esters is 1. The molecule has 0 N–H and O–H groups in total. The van der Waals surface area contributed by atoms with E-state index in [1.807, 2.05) is 0 Å². The van der Waals surface area contributed by atoms with Crippen LogP contribution in [0.15, 0.2) is 0 Å². The Kier molecular flexibility index (Phi) is 6.75. The van der Waals surface area contributed by atoms with Gasteiger partial charge in [-0.2, -0.15) is 0 Å². The maximum atomic E-state index is 12.9. The van der Waals surface area contributed by atoms with Crippen molar-refractivity contribution >= 4 is 5.97 Å². The summed E-state index contributed by atoms with van der Waals surface area (Å²) in [5.41, 5.74) is 0.179. The Morgan fingerprint density at radius 3 is 1.87 bits per heavy atom. The lowest BCUT2D eigenvalue weighted by Gasteiger charge is -2.39. The molecule has 2 heteroatoms. The summed E-state index contributed by atoms with van der Waals surface area (Å²) in [5, 5.41) is 0. The second kappa shape index (κ2) is 7.57. The van der Waals surface area contributed by atoms with Gasteiger partial charge in [-0.25, -0.2) is 0 Å². The first kappa shape index (κ1) is 20.5. The second-order valence-corrected chi connectivity index (χ2v) is 10.3. The molecule has 0 aromatic carbocycles. The van der Waals surface area contributed by atoms with Crippen LogP contribution in [0.5, 0.6) is 0 Å². The van der Waals surface area contributed by atoms with Crippen molar-refractivity contribution in [1.82, 2.24) is 0 Å². The molecule has 0 aliphatic heterocycles. The first-order valence-electron chi connectivity index (χ1n) is 9.58. The summed E-state index contributed by atoms with van der Waals surface area (Å²) in [4.78, 5) is 12.9. The predicted molar refractivity (Wildman–Crippen MR) is 98.4 cm³/mol. The number of hydrogen-bond donors (Lipinski definition) is 0. The maximum absolute atomic E-state index is 12.9. The summed E-state index contributed by atoms with van der Waals surface area (Å²) in [6, 6.07) is 0. The molecule has 1 atom stereocenters. The maximum Gasteiger partial charge on any atom is 0.312 e. The predicted octanol–water partition coefficient (Wildman–Crippen LogP) is 6.38. The van der Waals surface area contributed by atoms with E-state index in [2.05, 4.69) is 55.4 Å². The topological polar surface area (TPSA) is 26.3 Å². The zero-order chi connectivity index (χ0) is 17.9. The molecule has 0 aromatic heterocycles. The smallest absolute Gasteiger partial charge is 0.312 e. The Hall–Kier alpha value is -0.530. The third-order valence-electron chi connectivity index (χ3n) is 5.39. The van der Waals surface area contributed by atoms with Crippen molar-refractivity contribution in [3.05, 3.63) is 0 Å². The van der Waals surface area contributed by atoms with Crippen LogP contribution in [0.4, 0.5) is 0 Å². The minimum Gasteiger partial charge on any atom is -0.462 e. The van der Waals surface area contributed by atoms with E-state index < -0.39 is 0 Å². The summed E-state index contributed by atoms with van der Waals surface area (Å²) >= 11 is 0. The summed E-state index contributed by atoms with van der Waals surface area (Å²) in [6.07, 6.45) is 7.41. The Bertz CT molecular complexity index is 378. The molecular weight excluding hydrogens is 284 g/mol. The van der Waals surface area contributed by atoms with E-state index in [9.17, 15) is 4.79 Å². The molecule has 1 saturated carbocycles. The Morgan fingerprint density at radius 1 is 0.957 bits per heavy atom. The molecule has 1 aliphatic rings. The third kappa shape index (κ3) is 6.47. The van der Waals surface area contributed by atoms with E-state index >= 15 is 0 Å². The van der Waals surface area contributed by atoms with Gasteiger partial charge < -0.3 is 4.74 Å². The Morgan fingerprint density at radius 2 is 1.48 bits per heavy atom. The second-order valence-electron chi connectivity index (χ2n) is 10.3. The van der Waals surface area contributed by atoms with Crippen molar-refractivity contribution < 1.29 is 9.53 Å². The fourth-order valence-electron chi connectivity index (χ4n) is 4.33. The van der Waals surface area contributed by atoms with Crippen molar-refractivity contribution in [1.29, 1.82) is 0 Å². The molecule has 0 heterocycles. The SMILES string of the molecule is CCCC(C)(CC(C)(C)C)C(=O)OC1CCC(C(C)(C)C)CC1. The lowest BCUT2D eigenvalue weighted by molar-refractivity contribution is -0.165. The minimum atomic E-state index is -0.339. The molecule has 1 rings (SSSR count). The largest absolute Gasteiger partial charge is 0.462 e. The number of carbonyl (C=O) groups excluding carboxylic acids is 1. The van der Waals surface area contributed by atoms with E-state index in [-0.39, 0.29) is 22.9 Å². The van der Waals surface area contributed by atoms with Gasteiger partial charge in [0.15, 0.2) is 0 Å². The van der Waals surface area contributed by atoms with Gasteiger partial charge in [-0.3, -0.25) is 4.79 Å². The van der Waals surface area contributed by atoms with Gasteiger partial charge in [0.1, 0.15) is 6.10 Å². The molecule has 136 valence electrons. The van der Waals surface area contributed by atoms with Crippen LogP contribution in [0.1, 0.15) is 100 Å². The molecule has 1 fully saturated rings. The highest BCUT2D eigenvalue weighted by Crippen LogP contribution is 2.41.